The van der Waals surface area contributed by atoms with Gasteiger partial charge in [-0.05, 0) is 0 Å². The van der Waals surface area contributed by atoms with E-state index in [1.807, 2.05) is 0 Å². The van der Waals surface area contributed by atoms with Crippen LogP contribution in [0.4, 0.5) is 0 Å². The molecule has 0 heterocycles. The summed E-state index contributed by atoms with van der Waals surface area (Å²) in [5.41, 5.74) is 4.72. The van der Waals surface area contributed by atoms with E-state index in [2.05, 4.69) is 0 Å². The second-order valence-corrected chi connectivity index (χ2v) is 3.28. The van der Waals surface area contributed by atoms with E-state index >= 15 is 0 Å². The summed E-state index contributed by atoms with van der Waals surface area (Å²) in [6.45, 7) is 0. The van der Waals surface area contributed by atoms with E-state index in [0.29, 0.717) is 0 Å². The monoisotopic (exact) mass is 133 g/mol. The van der Waals surface area contributed by atoms with Crippen LogP contribution < -0.4 is 5.73 Å². The van der Waals surface area contributed by atoms with Crippen molar-refractivity contribution in [2.24, 2.45) is 5.73 Å². The van der Waals surface area contributed by atoms with Crippen LogP contribution in [0, 0.1) is 0 Å². The van der Waals surface area contributed by atoms with E-state index in [1.165, 1.54) is 0 Å². The fraction of sp³-hybridized carbons (Fsp3) is 1.00. The third kappa shape index (κ3) is 10.9. The first-order chi connectivity index (χ1) is 2.56. The molecule has 0 saturated carbocycles. The molecule has 0 atom stereocenters. The molecule has 0 saturated heterocycles. The van der Waals surface area contributed by atoms with Crippen LogP contribution in [0.3, 0.4) is 0 Å². The Kier molecular flexibility index (Phi) is 5.96. The van der Waals surface area contributed by atoms with Crippen molar-refractivity contribution in [1.82, 2.24) is 0 Å². The molecule has 0 aliphatic carbocycles. The Hall–Kier alpha value is 0.910. The van der Waals surface area contributed by atoms with E-state index in [4.69, 9.17) is 5.73 Å². The summed E-state index contributed by atoms with van der Waals surface area (Å²) in [6.07, 6.45) is 1.09. The van der Waals surface area contributed by atoms with E-state index in [9.17, 15) is 8.42 Å². The summed E-state index contributed by atoms with van der Waals surface area (Å²) in [5.74, 6) is -0.257. The summed E-state index contributed by atoms with van der Waals surface area (Å²) >= 11 is 0. The Morgan fingerprint density at radius 1 is 1.57 bits per heavy atom. The van der Waals surface area contributed by atoms with Gasteiger partial charge in [-0.3, -0.25) is 0 Å². The van der Waals surface area contributed by atoms with Gasteiger partial charge in [-0.2, -0.15) is 0 Å². The molecular weight excluding hydrogens is 125 g/mol. The zero-order valence-electron chi connectivity index (χ0n) is 3.51. The molecule has 0 aliphatic heterocycles. The first-order valence-electron chi connectivity index (χ1n) is 1.44. The zero-order chi connectivity index (χ0) is 5.21. The minimum atomic E-state index is -2.88. The topological polar surface area (TPSA) is 60.2 Å². The second kappa shape index (κ2) is 3.86. The molecular formula is C2H8NNaO2S. The third-order valence-corrected chi connectivity index (χ3v) is 0.908. The molecule has 0 spiro atoms. The predicted molar refractivity (Wildman–Crippen MR) is 31.0 cm³/mol. The van der Waals surface area contributed by atoms with Gasteiger partial charge in [-0.15, -0.1) is 0 Å². The van der Waals surface area contributed by atoms with Crippen molar-refractivity contribution in [1.29, 1.82) is 0 Å². The summed E-state index contributed by atoms with van der Waals surface area (Å²) in [5, 5.41) is 0. The third-order valence-electron chi connectivity index (χ3n) is 0.303. The summed E-state index contributed by atoms with van der Waals surface area (Å²) in [6, 6.07) is 0. The van der Waals surface area contributed by atoms with Crippen molar-refractivity contribution in [3.8, 4) is 0 Å². The van der Waals surface area contributed by atoms with Crippen LogP contribution in [-0.4, -0.2) is 50.1 Å². The Morgan fingerprint density at radius 2 is 1.71 bits per heavy atom. The predicted octanol–water partition coefficient (Wildman–Crippen LogP) is -1.70. The van der Waals surface area contributed by atoms with E-state index in [1.54, 1.807) is 0 Å². The molecule has 0 bridgehead atoms. The number of nitrogens with two attached hydrogens (primary N) is 1. The molecule has 0 aromatic carbocycles. The molecule has 0 aliphatic rings. The molecule has 0 aromatic rings. The van der Waals surface area contributed by atoms with Gasteiger partial charge in [0, 0.05) is 6.26 Å². The van der Waals surface area contributed by atoms with Gasteiger partial charge in [0.25, 0.3) is 0 Å². The van der Waals surface area contributed by atoms with Crippen LogP contribution >= 0.6 is 0 Å². The average molecular weight is 133 g/mol. The Morgan fingerprint density at radius 3 is 1.71 bits per heavy atom. The zero-order valence-corrected chi connectivity index (χ0v) is 4.33. The fourth-order valence-corrected chi connectivity index (χ4v) is 0. The van der Waals surface area contributed by atoms with Crippen LogP contribution in [0.15, 0.2) is 0 Å². The van der Waals surface area contributed by atoms with Crippen LogP contribution in [0.5, 0.6) is 0 Å². The van der Waals surface area contributed by atoms with Crippen molar-refractivity contribution in [2.75, 3.05) is 12.1 Å². The first kappa shape index (κ1) is 10.8. The van der Waals surface area contributed by atoms with Crippen LogP contribution in [0.1, 0.15) is 0 Å². The second-order valence-electron chi connectivity index (χ2n) is 1.09. The molecule has 40 valence electrons. The standard InChI is InChI=1S/C2H7NO2S.Na.H/c1-6(4,5)2-3;;/h2-3H2,1H3;;. The SMILES string of the molecule is CS(=O)(=O)CN.[NaH]. The van der Waals surface area contributed by atoms with Crippen LogP contribution in [0.25, 0.3) is 0 Å². The molecule has 0 unspecified atom stereocenters. The number of sulfone groups is 1. The Balaban J connectivity index is 0. The van der Waals surface area contributed by atoms with E-state index in [-0.39, 0.29) is 35.4 Å². The molecule has 2 N–H and O–H groups in total. The molecule has 7 heavy (non-hydrogen) atoms. The summed E-state index contributed by atoms with van der Waals surface area (Å²) < 4.78 is 19.8. The maximum absolute atomic E-state index is 9.88. The van der Waals surface area contributed by atoms with Gasteiger partial charge in [-0.1, -0.05) is 0 Å². The summed E-state index contributed by atoms with van der Waals surface area (Å²) in [7, 11) is -2.88. The Bertz CT molecular complexity index is 118. The maximum atomic E-state index is 9.88. The molecule has 5 heteroatoms. The van der Waals surface area contributed by atoms with Gasteiger partial charge in [-0.25, -0.2) is 8.42 Å². The van der Waals surface area contributed by atoms with Gasteiger partial charge in [0.15, 0.2) is 9.84 Å². The molecule has 0 rings (SSSR count). The number of hydrogen-bond acceptors (Lipinski definition) is 3. The van der Waals surface area contributed by atoms with Crippen LogP contribution in [-0.2, 0) is 9.84 Å². The Labute approximate surface area is 65.5 Å². The first-order valence-corrected chi connectivity index (χ1v) is 3.50. The van der Waals surface area contributed by atoms with Crippen molar-refractivity contribution < 1.29 is 8.42 Å². The quantitative estimate of drug-likeness (QED) is 0.434. The van der Waals surface area contributed by atoms with Gasteiger partial charge in [0.2, 0.25) is 0 Å². The molecule has 0 fully saturated rings. The van der Waals surface area contributed by atoms with Crippen molar-refractivity contribution in [3.63, 3.8) is 0 Å². The number of hydrogen-bond donors (Lipinski definition) is 1. The van der Waals surface area contributed by atoms with Gasteiger partial charge in [0.1, 0.15) is 0 Å². The summed E-state index contributed by atoms with van der Waals surface area (Å²) in [4.78, 5) is 0. The van der Waals surface area contributed by atoms with Crippen molar-refractivity contribution in [3.05, 3.63) is 0 Å². The van der Waals surface area contributed by atoms with Gasteiger partial charge < -0.3 is 5.73 Å². The van der Waals surface area contributed by atoms with Gasteiger partial charge in [0.05, 0.1) is 5.88 Å². The average Bonchev–Trinajstić information content (AvgIpc) is 1.35. The normalized spacial score (nSPS) is 10.0. The fourth-order valence-electron chi connectivity index (χ4n) is 0. The minimum absolute atomic E-state index is 0. The number of rotatable bonds is 1. The van der Waals surface area contributed by atoms with Crippen molar-refractivity contribution in [2.45, 2.75) is 0 Å². The molecule has 0 aromatic heterocycles. The van der Waals surface area contributed by atoms with Crippen molar-refractivity contribution >= 4 is 39.4 Å². The molecule has 0 amide bonds. The molecule has 3 nitrogen and oxygen atoms in total. The van der Waals surface area contributed by atoms with E-state index < -0.39 is 9.84 Å². The van der Waals surface area contributed by atoms with Gasteiger partial charge >= 0.3 is 29.6 Å². The van der Waals surface area contributed by atoms with E-state index in [0.717, 1.165) is 6.26 Å². The van der Waals surface area contributed by atoms with Crippen LogP contribution in [0.2, 0.25) is 0 Å². The molecule has 0 radical (unpaired) electrons.